The summed E-state index contributed by atoms with van der Waals surface area (Å²) in [5, 5.41) is 0. The molecule has 2 saturated heterocycles. The number of carbonyl (C=O) groups is 5. The molecule has 3 aliphatic heterocycles. The second kappa shape index (κ2) is 23.9. The first-order valence-electron chi connectivity index (χ1n) is 23.6. The summed E-state index contributed by atoms with van der Waals surface area (Å²) in [4.78, 5) is 69.0. The minimum absolute atomic E-state index is 0.0677. The van der Waals surface area contributed by atoms with Crippen molar-refractivity contribution in [3.8, 4) is 11.5 Å². The van der Waals surface area contributed by atoms with Crippen molar-refractivity contribution in [1.82, 2.24) is 4.90 Å². The van der Waals surface area contributed by atoms with Crippen molar-refractivity contribution in [2.45, 2.75) is 107 Å². The molecule has 2 fully saturated rings. The average Bonchev–Trinajstić information content (AvgIpc) is 3.64. The molecule has 3 heterocycles. The molecule has 19 nitrogen and oxygen atoms in total. The smallest absolute Gasteiger partial charge is 0.303 e. The van der Waals surface area contributed by atoms with E-state index in [4.69, 9.17) is 51.6 Å². The summed E-state index contributed by atoms with van der Waals surface area (Å²) in [6.07, 6.45) is -14.4. The zero-order valence-corrected chi connectivity index (χ0v) is 41.8. The number of nitrogens with zero attached hydrogens (tertiary/aromatic N) is 1. The Kier molecular flexibility index (Phi) is 17.2. The number of hydrogen-bond acceptors (Lipinski definition) is 18. The fraction of sp³-hybridized carbons (Fsp3) is 0.352. The lowest BCUT2D eigenvalue weighted by Crippen LogP contribution is -2.70. The Labute approximate surface area is 427 Å². The highest BCUT2D eigenvalue weighted by Crippen LogP contribution is 2.39. The number of imide groups is 1. The fourth-order valence-electron chi connectivity index (χ4n) is 8.83. The molecule has 0 N–H and O–H groups in total. The third kappa shape index (κ3) is 12.6. The van der Waals surface area contributed by atoms with Gasteiger partial charge in [0.1, 0.15) is 42.0 Å². The number of amides is 2. The quantitative estimate of drug-likeness (QED) is 0.0384. The van der Waals surface area contributed by atoms with E-state index in [-0.39, 0.29) is 41.6 Å². The van der Waals surface area contributed by atoms with Crippen molar-refractivity contribution < 1.29 is 83.9 Å². The number of benzene rings is 5. The van der Waals surface area contributed by atoms with E-state index >= 15 is 0 Å². The number of fused-ring (bicyclic) bond motifs is 1. The first-order chi connectivity index (χ1) is 35.6. The third-order valence-corrected chi connectivity index (χ3v) is 13.5. The second-order valence-corrected chi connectivity index (χ2v) is 19.1. The van der Waals surface area contributed by atoms with Crippen LogP contribution in [0.25, 0.3) is 0 Å². The van der Waals surface area contributed by atoms with E-state index in [1.165, 1.54) is 31.4 Å². The van der Waals surface area contributed by atoms with Crippen LogP contribution in [0, 0.1) is 6.92 Å². The van der Waals surface area contributed by atoms with E-state index in [0.29, 0.717) is 11.3 Å². The van der Waals surface area contributed by atoms with Gasteiger partial charge in [0.2, 0.25) is 6.29 Å². The van der Waals surface area contributed by atoms with E-state index in [0.717, 1.165) is 36.8 Å². The molecule has 0 bridgehead atoms. The molecular formula is C54H55NO18S. The Bertz CT molecular complexity index is 2830. The molecule has 5 aromatic rings. The molecule has 390 valence electrons. The Morgan fingerprint density at radius 3 is 1.66 bits per heavy atom. The van der Waals surface area contributed by atoms with Gasteiger partial charge in [-0.3, -0.25) is 33.1 Å². The van der Waals surface area contributed by atoms with Crippen molar-refractivity contribution in [2.24, 2.45) is 0 Å². The Balaban J connectivity index is 1.26. The minimum Gasteiger partial charge on any atom is -0.497 e. The van der Waals surface area contributed by atoms with Crippen LogP contribution in [-0.2, 0) is 79.8 Å². The SMILES string of the molecule is COc1ccc(O[C@@H]2O[C@H](COCc3ccccc3)[C@@H](O[C@@H]3O[C@H](COS(=O)(=O)c4ccc(C)cc4)[C@@H](OC(C)=O)[C@H](OC(C)=O)[C@H]3OC(C)=O)[C@H](OCc3ccccc3)[C@H]2N2C(=O)c3ccccc3C2=O)cc1. The van der Waals surface area contributed by atoms with Crippen LogP contribution in [0.15, 0.2) is 138 Å². The molecule has 0 saturated carbocycles. The van der Waals surface area contributed by atoms with Crippen molar-refractivity contribution in [1.29, 1.82) is 0 Å². The fourth-order valence-corrected chi connectivity index (χ4v) is 9.75. The predicted octanol–water partition coefficient (Wildman–Crippen LogP) is 5.89. The molecule has 10 atom stereocenters. The second-order valence-electron chi connectivity index (χ2n) is 17.5. The van der Waals surface area contributed by atoms with E-state index in [2.05, 4.69) is 0 Å². The van der Waals surface area contributed by atoms with Crippen molar-refractivity contribution >= 4 is 39.8 Å². The number of aryl methyl sites for hydroxylation is 1. The van der Waals surface area contributed by atoms with Crippen molar-refractivity contribution in [2.75, 3.05) is 20.3 Å². The van der Waals surface area contributed by atoms with E-state index in [1.807, 2.05) is 36.4 Å². The van der Waals surface area contributed by atoms with Crippen molar-refractivity contribution in [3.63, 3.8) is 0 Å². The summed E-state index contributed by atoms with van der Waals surface area (Å²) in [5.41, 5.74) is 2.44. The van der Waals surface area contributed by atoms with Gasteiger partial charge in [-0.15, -0.1) is 0 Å². The topological polar surface area (TPSA) is 224 Å². The molecule has 0 radical (unpaired) electrons. The number of esters is 3. The third-order valence-electron chi connectivity index (χ3n) is 12.2. The maximum absolute atomic E-state index is 14.7. The number of rotatable bonds is 20. The Morgan fingerprint density at radius 2 is 1.08 bits per heavy atom. The first-order valence-corrected chi connectivity index (χ1v) is 25.0. The van der Waals surface area contributed by atoms with Gasteiger partial charge < -0.3 is 47.4 Å². The molecule has 0 unspecified atom stereocenters. The normalized spacial score (nSPS) is 24.6. The Hall–Kier alpha value is -7.04. The lowest BCUT2D eigenvalue weighted by molar-refractivity contribution is -0.351. The molecule has 20 heteroatoms. The molecular weight excluding hydrogens is 983 g/mol. The van der Waals surface area contributed by atoms with Gasteiger partial charge in [0.15, 0.2) is 24.6 Å². The largest absolute Gasteiger partial charge is 0.497 e. The molecule has 74 heavy (non-hydrogen) atoms. The molecule has 2 amide bonds. The van der Waals surface area contributed by atoms with Gasteiger partial charge in [0, 0.05) is 20.8 Å². The number of carbonyl (C=O) groups excluding carboxylic acids is 5. The summed E-state index contributed by atoms with van der Waals surface area (Å²) in [6, 6.07) is 35.4. The maximum Gasteiger partial charge on any atom is 0.303 e. The van der Waals surface area contributed by atoms with Gasteiger partial charge in [0.25, 0.3) is 21.9 Å². The highest BCUT2D eigenvalue weighted by atomic mass is 32.2. The van der Waals surface area contributed by atoms with Gasteiger partial charge in [-0.2, -0.15) is 8.42 Å². The van der Waals surface area contributed by atoms with E-state index < -0.39 is 108 Å². The lowest BCUT2D eigenvalue weighted by atomic mass is 9.93. The maximum atomic E-state index is 14.7. The van der Waals surface area contributed by atoms with Crippen LogP contribution in [-0.4, -0.2) is 125 Å². The van der Waals surface area contributed by atoms with Crippen LogP contribution in [0.4, 0.5) is 0 Å². The summed E-state index contributed by atoms with van der Waals surface area (Å²) in [6.45, 7) is 3.76. The molecule has 0 aliphatic carbocycles. The zero-order valence-electron chi connectivity index (χ0n) is 41.0. The number of hydrogen-bond donors (Lipinski definition) is 0. The summed E-state index contributed by atoms with van der Waals surface area (Å²) in [5.74, 6) is -3.38. The van der Waals surface area contributed by atoms with Crippen LogP contribution in [0.3, 0.4) is 0 Å². The predicted molar refractivity (Wildman–Crippen MR) is 259 cm³/mol. The van der Waals surface area contributed by atoms with Gasteiger partial charge in [-0.25, -0.2) is 0 Å². The van der Waals surface area contributed by atoms with Gasteiger partial charge in [-0.1, -0.05) is 90.5 Å². The molecule has 5 aromatic carbocycles. The zero-order chi connectivity index (χ0) is 52.5. The summed E-state index contributed by atoms with van der Waals surface area (Å²) >= 11 is 0. The molecule has 8 rings (SSSR count). The summed E-state index contributed by atoms with van der Waals surface area (Å²) in [7, 11) is -3.01. The monoisotopic (exact) mass is 1040 g/mol. The first kappa shape index (κ1) is 53.3. The Morgan fingerprint density at radius 1 is 0.568 bits per heavy atom. The van der Waals surface area contributed by atoms with Gasteiger partial charge in [-0.05, 0) is 66.6 Å². The number of ether oxygens (including phenoxy) is 10. The van der Waals surface area contributed by atoms with Crippen molar-refractivity contribution in [3.05, 3.63) is 161 Å². The van der Waals surface area contributed by atoms with Crippen LogP contribution < -0.4 is 9.47 Å². The van der Waals surface area contributed by atoms with Crippen LogP contribution in [0.2, 0.25) is 0 Å². The molecule has 0 aromatic heterocycles. The van der Waals surface area contributed by atoms with Gasteiger partial charge >= 0.3 is 17.9 Å². The highest BCUT2D eigenvalue weighted by molar-refractivity contribution is 7.86. The minimum atomic E-state index is -4.52. The van der Waals surface area contributed by atoms with Crippen LogP contribution in [0.1, 0.15) is 58.2 Å². The number of methoxy groups -OCH3 is 1. The molecule has 3 aliphatic rings. The standard InChI is InChI=1S/C54H55NO18S/c1-32-20-26-40(27-21-32)74(61,62)66-31-44-47(67-33(2)56)49(68-34(3)57)50(69-35(4)58)54(72-44)73-46-43(30-64-28-36-14-8-6-9-15-36)71-53(70-39-24-22-38(63-5)23-25-39)45(48(46)65-29-37-16-10-7-11-17-37)55-51(59)41-18-12-13-19-42(41)52(55)60/h6-27,43-50,53-54H,28-31H2,1-5H3/t43-,44-,45-,46-,47-,48-,49+,50-,53-,54+/m1/s1. The molecule has 0 spiro atoms. The van der Waals surface area contributed by atoms with Gasteiger partial charge in [0.05, 0.1) is 49.6 Å². The lowest BCUT2D eigenvalue weighted by Gasteiger charge is -2.50. The summed E-state index contributed by atoms with van der Waals surface area (Å²) < 4.78 is 95.6. The van der Waals surface area contributed by atoms with Crippen LogP contribution in [0.5, 0.6) is 11.5 Å². The highest BCUT2D eigenvalue weighted by Gasteiger charge is 2.59. The van der Waals surface area contributed by atoms with E-state index in [1.54, 1.807) is 79.7 Å². The van der Waals surface area contributed by atoms with E-state index in [9.17, 15) is 32.4 Å². The average molecular weight is 1040 g/mol. The van der Waals surface area contributed by atoms with Crippen LogP contribution >= 0.6 is 0 Å².